The molecule has 0 unspecified atom stereocenters. The Morgan fingerprint density at radius 2 is 1.77 bits per heavy atom. The Balaban J connectivity index is 1.91. The third kappa shape index (κ3) is 4.71. The molecule has 6 nitrogen and oxygen atoms in total. The number of nitrogens with zero attached hydrogens (tertiary/aromatic N) is 1. The number of carbonyl (C=O) groups is 2. The molecule has 1 heterocycles. The molecule has 22 heavy (non-hydrogen) atoms. The Morgan fingerprint density at radius 3 is 2.32 bits per heavy atom. The van der Waals surface area contributed by atoms with Crippen LogP contribution in [0.25, 0.3) is 6.08 Å². The summed E-state index contributed by atoms with van der Waals surface area (Å²) in [6.07, 6.45) is 3.10. The van der Waals surface area contributed by atoms with E-state index in [2.05, 4.69) is 20.9 Å². The number of aromatic nitrogens is 1. The van der Waals surface area contributed by atoms with Crippen molar-refractivity contribution < 1.29 is 9.59 Å². The molecule has 0 aliphatic heterocycles. The number of urea groups is 1. The van der Waals surface area contributed by atoms with Crippen LogP contribution in [0.4, 0.5) is 16.2 Å². The largest absolute Gasteiger partial charge is 0.341 e. The van der Waals surface area contributed by atoms with Crippen LogP contribution in [0.2, 0.25) is 0 Å². The highest BCUT2D eigenvalue weighted by atomic mass is 32.1. The summed E-state index contributed by atoms with van der Waals surface area (Å²) in [4.78, 5) is 27.2. The number of hydrogen-bond acceptors (Lipinski definition) is 4. The van der Waals surface area contributed by atoms with Gasteiger partial charge in [-0.3, -0.25) is 4.79 Å². The number of amides is 3. The molecule has 1 aromatic heterocycles. The van der Waals surface area contributed by atoms with Gasteiger partial charge in [-0.1, -0.05) is 0 Å². The van der Waals surface area contributed by atoms with Crippen LogP contribution in [0, 0.1) is 6.92 Å². The SMILES string of the molecule is CNC(=O)Nc1ccc(NC(=O)/C=C/c2csc(C)n2)cc1. The van der Waals surface area contributed by atoms with Crippen LogP contribution in [-0.2, 0) is 4.79 Å². The highest BCUT2D eigenvalue weighted by molar-refractivity contribution is 7.09. The zero-order valence-corrected chi connectivity index (χ0v) is 13.0. The first-order valence-corrected chi connectivity index (χ1v) is 7.45. The van der Waals surface area contributed by atoms with Crippen LogP contribution >= 0.6 is 11.3 Å². The average Bonchev–Trinajstić information content (AvgIpc) is 2.92. The lowest BCUT2D eigenvalue weighted by Gasteiger charge is -2.06. The van der Waals surface area contributed by atoms with Crippen LogP contribution < -0.4 is 16.0 Å². The van der Waals surface area contributed by atoms with E-state index >= 15 is 0 Å². The number of carbonyl (C=O) groups excluding carboxylic acids is 2. The quantitative estimate of drug-likeness (QED) is 0.758. The van der Waals surface area contributed by atoms with Crippen molar-refractivity contribution in [3.63, 3.8) is 0 Å². The molecule has 7 heteroatoms. The second-order valence-corrected chi connectivity index (χ2v) is 5.46. The number of benzene rings is 1. The Bertz CT molecular complexity index is 692. The molecule has 1 aromatic carbocycles. The summed E-state index contributed by atoms with van der Waals surface area (Å²) in [5.74, 6) is -0.238. The summed E-state index contributed by atoms with van der Waals surface area (Å²) in [7, 11) is 1.54. The van der Waals surface area contributed by atoms with Crippen molar-refractivity contribution in [3.8, 4) is 0 Å². The number of anilines is 2. The van der Waals surface area contributed by atoms with Gasteiger partial charge in [-0.2, -0.15) is 0 Å². The molecular formula is C15H16N4O2S. The topological polar surface area (TPSA) is 83.1 Å². The second kappa shape index (κ2) is 7.37. The Morgan fingerprint density at radius 1 is 1.14 bits per heavy atom. The molecule has 0 saturated carbocycles. The monoisotopic (exact) mass is 316 g/mol. The van der Waals surface area contributed by atoms with E-state index in [1.54, 1.807) is 37.4 Å². The summed E-state index contributed by atoms with van der Waals surface area (Å²) in [6.45, 7) is 1.91. The van der Waals surface area contributed by atoms with Crippen molar-refractivity contribution in [1.82, 2.24) is 10.3 Å². The van der Waals surface area contributed by atoms with E-state index in [0.717, 1.165) is 10.7 Å². The molecule has 0 aliphatic carbocycles. The van der Waals surface area contributed by atoms with Gasteiger partial charge in [0.15, 0.2) is 0 Å². The summed E-state index contributed by atoms with van der Waals surface area (Å²) >= 11 is 1.53. The van der Waals surface area contributed by atoms with Gasteiger partial charge in [0.2, 0.25) is 5.91 Å². The summed E-state index contributed by atoms with van der Waals surface area (Å²) in [6, 6.07) is 6.54. The van der Waals surface area contributed by atoms with Gasteiger partial charge in [0.05, 0.1) is 10.7 Å². The van der Waals surface area contributed by atoms with E-state index in [1.807, 2.05) is 12.3 Å². The normalized spacial score (nSPS) is 10.5. The average molecular weight is 316 g/mol. The van der Waals surface area contributed by atoms with Crippen molar-refractivity contribution in [2.24, 2.45) is 0 Å². The van der Waals surface area contributed by atoms with Crippen LogP contribution in [-0.4, -0.2) is 24.0 Å². The van der Waals surface area contributed by atoms with Crippen molar-refractivity contribution in [1.29, 1.82) is 0 Å². The predicted octanol–water partition coefficient (Wildman–Crippen LogP) is 2.85. The van der Waals surface area contributed by atoms with Crippen molar-refractivity contribution >= 4 is 40.7 Å². The maximum atomic E-state index is 11.8. The Kier molecular flexibility index (Phi) is 5.26. The molecular weight excluding hydrogens is 300 g/mol. The minimum Gasteiger partial charge on any atom is -0.341 e. The molecule has 0 bridgehead atoms. The molecule has 0 aliphatic rings. The van der Waals surface area contributed by atoms with Crippen LogP contribution in [0.15, 0.2) is 35.7 Å². The van der Waals surface area contributed by atoms with Gasteiger partial charge in [0.1, 0.15) is 0 Å². The third-order valence-electron chi connectivity index (χ3n) is 2.68. The van der Waals surface area contributed by atoms with Gasteiger partial charge >= 0.3 is 6.03 Å². The fourth-order valence-corrected chi connectivity index (χ4v) is 2.21. The third-order valence-corrected chi connectivity index (χ3v) is 3.47. The first kappa shape index (κ1) is 15.7. The predicted molar refractivity (Wildman–Crippen MR) is 89.0 cm³/mol. The van der Waals surface area contributed by atoms with Crippen LogP contribution in [0.3, 0.4) is 0 Å². The highest BCUT2D eigenvalue weighted by Crippen LogP contribution is 2.14. The van der Waals surface area contributed by atoms with Gasteiger partial charge in [-0.25, -0.2) is 9.78 Å². The molecule has 114 valence electrons. The van der Waals surface area contributed by atoms with Gasteiger partial charge < -0.3 is 16.0 Å². The molecule has 3 N–H and O–H groups in total. The van der Waals surface area contributed by atoms with E-state index in [-0.39, 0.29) is 11.9 Å². The van der Waals surface area contributed by atoms with Crippen molar-refractivity contribution in [3.05, 3.63) is 46.4 Å². The Hall–Kier alpha value is -2.67. The van der Waals surface area contributed by atoms with Crippen LogP contribution in [0.1, 0.15) is 10.7 Å². The fourth-order valence-electron chi connectivity index (χ4n) is 1.63. The van der Waals surface area contributed by atoms with Gasteiger partial charge in [-0.15, -0.1) is 11.3 Å². The van der Waals surface area contributed by atoms with E-state index < -0.39 is 0 Å². The van der Waals surface area contributed by atoms with E-state index in [4.69, 9.17) is 0 Å². The lowest BCUT2D eigenvalue weighted by molar-refractivity contribution is -0.111. The van der Waals surface area contributed by atoms with Crippen molar-refractivity contribution in [2.45, 2.75) is 6.92 Å². The standard InChI is InChI=1S/C15H16N4O2S/c1-10-17-13(9-22-10)7-8-14(20)18-11-3-5-12(6-4-11)19-15(21)16-2/h3-9H,1-2H3,(H,18,20)(H2,16,19,21)/b8-7+. The maximum Gasteiger partial charge on any atom is 0.318 e. The summed E-state index contributed by atoms with van der Waals surface area (Å²) in [5, 5.41) is 10.7. The van der Waals surface area contributed by atoms with E-state index in [0.29, 0.717) is 11.4 Å². The zero-order chi connectivity index (χ0) is 15.9. The molecule has 3 amide bonds. The first-order valence-electron chi connectivity index (χ1n) is 6.57. The molecule has 0 spiro atoms. The smallest absolute Gasteiger partial charge is 0.318 e. The summed E-state index contributed by atoms with van der Waals surface area (Å²) < 4.78 is 0. The first-order chi connectivity index (χ1) is 10.6. The zero-order valence-electron chi connectivity index (χ0n) is 12.2. The van der Waals surface area contributed by atoms with Gasteiger partial charge in [0.25, 0.3) is 0 Å². The minimum atomic E-state index is -0.293. The molecule has 0 radical (unpaired) electrons. The fraction of sp³-hybridized carbons (Fsp3) is 0.133. The van der Waals surface area contributed by atoms with E-state index in [1.165, 1.54) is 17.4 Å². The highest BCUT2D eigenvalue weighted by Gasteiger charge is 2.01. The number of aryl methyl sites for hydroxylation is 1. The lowest BCUT2D eigenvalue weighted by atomic mass is 10.2. The molecule has 2 rings (SSSR count). The second-order valence-electron chi connectivity index (χ2n) is 4.40. The molecule has 0 saturated heterocycles. The van der Waals surface area contributed by atoms with E-state index in [9.17, 15) is 9.59 Å². The maximum absolute atomic E-state index is 11.8. The van der Waals surface area contributed by atoms with Gasteiger partial charge in [0, 0.05) is 29.9 Å². The lowest BCUT2D eigenvalue weighted by Crippen LogP contribution is -2.24. The number of hydrogen-bond donors (Lipinski definition) is 3. The molecule has 0 atom stereocenters. The molecule has 2 aromatic rings. The summed E-state index contributed by atoms with van der Waals surface area (Å²) in [5.41, 5.74) is 2.06. The Labute approximate surface area is 132 Å². The minimum absolute atomic E-state index is 0.238. The number of rotatable bonds is 4. The van der Waals surface area contributed by atoms with Crippen molar-refractivity contribution in [2.75, 3.05) is 17.7 Å². The number of nitrogens with one attached hydrogen (secondary N) is 3. The molecule has 0 fully saturated rings. The van der Waals surface area contributed by atoms with Crippen LogP contribution in [0.5, 0.6) is 0 Å². The number of thiazole rings is 1. The van der Waals surface area contributed by atoms with Gasteiger partial charge in [-0.05, 0) is 37.3 Å².